The number of hydrogen-bond donors (Lipinski definition) is 1. The first-order valence-corrected chi connectivity index (χ1v) is 5.27. The Morgan fingerprint density at radius 3 is 1.44 bits per heavy atom. The molecule has 4 heteroatoms. The van der Waals surface area contributed by atoms with Crippen LogP contribution in [0.25, 0.3) is 0 Å². The summed E-state index contributed by atoms with van der Waals surface area (Å²) in [5, 5.41) is 10.3. The lowest BCUT2D eigenvalue weighted by molar-refractivity contribution is -0.121. The minimum Gasteiger partial charge on any atom is -0.373 e. The van der Waals surface area contributed by atoms with Gasteiger partial charge in [-0.3, -0.25) is 4.79 Å². The normalized spacial score (nSPS) is 11.3. The van der Waals surface area contributed by atoms with Crippen molar-refractivity contribution in [3.63, 3.8) is 0 Å². The van der Waals surface area contributed by atoms with Crippen molar-refractivity contribution in [2.75, 3.05) is 0 Å². The third-order valence-corrected chi connectivity index (χ3v) is 2.74. The molecule has 2 rings (SSSR count). The van der Waals surface area contributed by atoms with Gasteiger partial charge in [-0.05, 0) is 35.4 Å². The van der Waals surface area contributed by atoms with Crippen molar-refractivity contribution in [1.29, 1.82) is 0 Å². The van der Waals surface area contributed by atoms with Crippen LogP contribution in [0.15, 0.2) is 48.5 Å². The van der Waals surface area contributed by atoms with Gasteiger partial charge in [-0.2, -0.15) is 0 Å². The van der Waals surface area contributed by atoms with Crippen molar-refractivity contribution < 1.29 is 18.7 Å². The second kappa shape index (κ2) is 4.66. The molecule has 0 aliphatic rings. The molecule has 0 aliphatic carbocycles. The fraction of sp³-hybridized carbons (Fsp3) is 0.0714. The molecule has 0 fully saturated rings. The molecule has 0 saturated heterocycles. The molecule has 1 N–H and O–H groups in total. The van der Waals surface area contributed by atoms with Crippen molar-refractivity contribution in [1.82, 2.24) is 0 Å². The second-order valence-corrected chi connectivity index (χ2v) is 3.90. The Hall–Kier alpha value is -2.07. The van der Waals surface area contributed by atoms with Gasteiger partial charge in [0.2, 0.25) is 0 Å². The molecule has 2 nitrogen and oxygen atoms in total. The van der Waals surface area contributed by atoms with E-state index < -0.39 is 17.2 Å². The Kier molecular flexibility index (Phi) is 3.21. The van der Waals surface area contributed by atoms with E-state index in [-0.39, 0.29) is 11.1 Å². The van der Waals surface area contributed by atoms with Crippen molar-refractivity contribution >= 4 is 6.29 Å². The summed E-state index contributed by atoms with van der Waals surface area (Å²) in [5.74, 6) is -0.933. The number of hydrogen-bond acceptors (Lipinski definition) is 2. The highest BCUT2D eigenvalue weighted by Crippen LogP contribution is 2.27. The van der Waals surface area contributed by atoms with Crippen LogP contribution in [-0.4, -0.2) is 11.4 Å². The van der Waals surface area contributed by atoms with Gasteiger partial charge in [-0.1, -0.05) is 24.3 Å². The monoisotopic (exact) mass is 248 g/mol. The Morgan fingerprint density at radius 2 is 1.17 bits per heavy atom. The molecular weight excluding hydrogens is 238 g/mol. The van der Waals surface area contributed by atoms with Gasteiger partial charge >= 0.3 is 0 Å². The zero-order valence-corrected chi connectivity index (χ0v) is 9.31. The Morgan fingerprint density at radius 1 is 0.833 bits per heavy atom. The lowest BCUT2D eigenvalue weighted by Gasteiger charge is -2.22. The number of benzene rings is 2. The first-order chi connectivity index (χ1) is 8.56. The van der Waals surface area contributed by atoms with Crippen LogP contribution in [0, 0.1) is 11.6 Å². The summed E-state index contributed by atoms with van der Waals surface area (Å²) in [6.45, 7) is 0. The standard InChI is InChI=1S/C14H10F2O2/c15-12-5-1-10(2-6-12)14(18,9-17)11-3-7-13(16)8-4-11/h1-9,18H. The number of carbonyl (C=O) groups is 1. The van der Waals surface area contributed by atoms with E-state index in [0.29, 0.717) is 6.29 Å². The van der Waals surface area contributed by atoms with E-state index in [2.05, 4.69) is 0 Å². The van der Waals surface area contributed by atoms with Crippen LogP contribution in [0.5, 0.6) is 0 Å². The first kappa shape index (κ1) is 12.4. The second-order valence-electron chi connectivity index (χ2n) is 3.90. The number of aliphatic hydroxyl groups is 1. The average molecular weight is 248 g/mol. The Labute approximate surface area is 103 Å². The quantitative estimate of drug-likeness (QED) is 0.847. The molecule has 18 heavy (non-hydrogen) atoms. The molecule has 0 heterocycles. The molecule has 0 aliphatic heterocycles. The SMILES string of the molecule is O=CC(O)(c1ccc(F)cc1)c1ccc(F)cc1. The van der Waals surface area contributed by atoms with E-state index in [9.17, 15) is 18.7 Å². The van der Waals surface area contributed by atoms with Crippen LogP contribution >= 0.6 is 0 Å². The van der Waals surface area contributed by atoms with E-state index in [1.807, 2.05) is 0 Å². The van der Waals surface area contributed by atoms with E-state index in [0.717, 1.165) is 24.3 Å². The fourth-order valence-electron chi connectivity index (χ4n) is 1.71. The molecule has 0 amide bonds. The lowest BCUT2D eigenvalue weighted by Crippen LogP contribution is -2.29. The number of carbonyl (C=O) groups excluding carboxylic acids is 1. The third-order valence-electron chi connectivity index (χ3n) is 2.74. The zero-order chi connectivity index (χ0) is 13.2. The molecular formula is C14H10F2O2. The van der Waals surface area contributed by atoms with Crippen molar-refractivity contribution in [2.24, 2.45) is 0 Å². The maximum absolute atomic E-state index is 12.8. The highest BCUT2D eigenvalue weighted by molar-refractivity contribution is 5.72. The summed E-state index contributed by atoms with van der Waals surface area (Å²) in [6, 6.07) is 9.83. The van der Waals surface area contributed by atoms with Gasteiger partial charge in [0.1, 0.15) is 11.6 Å². The molecule has 92 valence electrons. The van der Waals surface area contributed by atoms with Gasteiger partial charge < -0.3 is 5.11 Å². The number of rotatable bonds is 3. The third kappa shape index (κ3) is 2.15. The van der Waals surface area contributed by atoms with Gasteiger partial charge in [-0.15, -0.1) is 0 Å². The summed E-state index contributed by atoms with van der Waals surface area (Å²) in [5.41, 5.74) is -1.45. The smallest absolute Gasteiger partial charge is 0.170 e. The number of aldehydes is 1. The van der Waals surface area contributed by atoms with Crippen LogP contribution in [-0.2, 0) is 10.4 Å². The first-order valence-electron chi connectivity index (χ1n) is 5.27. The van der Waals surface area contributed by atoms with Crippen LogP contribution in [0.2, 0.25) is 0 Å². The maximum Gasteiger partial charge on any atom is 0.170 e. The average Bonchev–Trinajstić information content (AvgIpc) is 2.39. The predicted molar refractivity (Wildman–Crippen MR) is 61.9 cm³/mol. The van der Waals surface area contributed by atoms with Crippen molar-refractivity contribution in [3.05, 3.63) is 71.3 Å². The maximum atomic E-state index is 12.8. The molecule has 0 bridgehead atoms. The lowest BCUT2D eigenvalue weighted by atomic mass is 9.88. The highest BCUT2D eigenvalue weighted by atomic mass is 19.1. The molecule has 2 aromatic carbocycles. The van der Waals surface area contributed by atoms with E-state index in [1.165, 1.54) is 24.3 Å². The zero-order valence-electron chi connectivity index (χ0n) is 9.31. The summed E-state index contributed by atoms with van der Waals surface area (Å²) in [7, 11) is 0. The van der Waals surface area contributed by atoms with E-state index >= 15 is 0 Å². The van der Waals surface area contributed by atoms with Crippen LogP contribution in [0.3, 0.4) is 0 Å². The predicted octanol–water partition coefficient (Wildman–Crippen LogP) is 2.40. The summed E-state index contributed by atoms with van der Waals surface area (Å²) in [6.07, 6.45) is 0.341. The molecule has 0 radical (unpaired) electrons. The van der Waals surface area contributed by atoms with E-state index in [4.69, 9.17) is 0 Å². The number of halogens is 2. The largest absolute Gasteiger partial charge is 0.373 e. The summed E-state index contributed by atoms with van der Waals surface area (Å²) < 4.78 is 25.6. The minimum atomic E-state index is -1.90. The molecule has 0 atom stereocenters. The van der Waals surface area contributed by atoms with Crippen LogP contribution < -0.4 is 0 Å². The van der Waals surface area contributed by atoms with Gasteiger partial charge in [-0.25, -0.2) is 8.78 Å². The summed E-state index contributed by atoms with van der Waals surface area (Å²) in [4.78, 5) is 11.2. The van der Waals surface area contributed by atoms with Crippen molar-refractivity contribution in [2.45, 2.75) is 5.60 Å². The van der Waals surface area contributed by atoms with Gasteiger partial charge in [0, 0.05) is 0 Å². The van der Waals surface area contributed by atoms with Crippen LogP contribution in [0.4, 0.5) is 8.78 Å². The van der Waals surface area contributed by atoms with Gasteiger partial charge in [0.25, 0.3) is 0 Å². The highest BCUT2D eigenvalue weighted by Gasteiger charge is 2.31. The van der Waals surface area contributed by atoms with E-state index in [1.54, 1.807) is 0 Å². The molecule has 0 aromatic heterocycles. The molecule has 0 saturated carbocycles. The summed E-state index contributed by atoms with van der Waals surface area (Å²) >= 11 is 0. The van der Waals surface area contributed by atoms with Crippen molar-refractivity contribution in [3.8, 4) is 0 Å². The minimum absolute atomic E-state index is 0.227. The van der Waals surface area contributed by atoms with Gasteiger partial charge in [0.15, 0.2) is 11.9 Å². The molecule has 0 unspecified atom stereocenters. The Balaban J connectivity index is 2.50. The van der Waals surface area contributed by atoms with Crippen LogP contribution in [0.1, 0.15) is 11.1 Å². The van der Waals surface area contributed by atoms with Gasteiger partial charge in [0.05, 0.1) is 0 Å². The molecule has 0 spiro atoms. The Bertz CT molecular complexity index is 502. The topological polar surface area (TPSA) is 37.3 Å². The molecule has 2 aromatic rings. The fourth-order valence-corrected chi connectivity index (χ4v) is 1.71.